The average molecular weight is 195 g/mol. The lowest BCUT2D eigenvalue weighted by Gasteiger charge is -2.20. The molecule has 0 saturated carbocycles. The Hall–Kier alpha value is -1.16. The molecule has 0 spiro atoms. The van der Waals surface area contributed by atoms with Crippen molar-refractivity contribution in [2.24, 2.45) is 5.92 Å². The van der Waals surface area contributed by atoms with Gasteiger partial charge in [-0.3, -0.25) is 4.98 Å². The summed E-state index contributed by atoms with van der Waals surface area (Å²) in [6, 6.07) is 0.179. The molecular formula is C10H17N3O. The molecule has 1 rings (SSSR count). The van der Waals surface area contributed by atoms with Crippen LogP contribution in [0, 0.1) is 5.92 Å². The van der Waals surface area contributed by atoms with Gasteiger partial charge in [-0.15, -0.1) is 0 Å². The molecule has 0 aliphatic carbocycles. The largest absolute Gasteiger partial charge is 0.480 e. The van der Waals surface area contributed by atoms with Gasteiger partial charge in [0, 0.05) is 12.4 Å². The van der Waals surface area contributed by atoms with E-state index in [1.165, 1.54) is 0 Å². The number of hydrogen-bond donors (Lipinski definition) is 1. The smallest absolute Gasteiger partial charge is 0.237 e. The number of aromatic nitrogens is 2. The van der Waals surface area contributed by atoms with Crippen LogP contribution in [0.4, 0.5) is 0 Å². The molecule has 1 atom stereocenters. The average Bonchev–Trinajstić information content (AvgIpc) is 2.19. The Morgan fingerprint density at radius 2 is 1.93 bits per heavy atom. The molecule has 0 aliphatic heterocycles. The van der Waals surface area contributed by atoms with Crippen LogP contribution in [-0.4, -0.2) is 24.1 Å². The number of nitrogens with one attached hydrogen (secondary N) is 1. The molecule has 0 aromatic carbocycles. The first-order valence-electron chi connectivity index (χ1n) is 4.72. The lowest BCUT2D eigenvalue weighted by molar-refractivity contribution is 0.360. The Kier molecular flexibility index (Phi) is 3.83. The highest BCUT2D eigenvalue weighted by atomic mass is 16.5. The van der Waals surface area contributed by atoms with Crippen molar-refractivity contribution < 1.29 is 4.74 Å². The molecule has 1 aromatic rings. The lowest BCUT2D eigenvalue weighted by atomic mass is 10.0. The Balaban J connectivity index is 3.02. The minimum absolute atomic E-state index is 0.179. The van der Waals surface area contributed by atoms with Crippen LogP contribution in [0.1, 0.15) is 25.6 Å². The third-order valence-electron chi connectivity index (χ3n) is 2.16. The van der Waals surface area contributed by atoms with Gasteiger partial charge in [0.05, 0.1) is 13.2 Å². The van der Waals surface area contributed by atoms with E-state index >= 15 is 0 Å². The van der Waals surface area contributed by atoms with Crippen molar-refractivity contribution in [2.75, 3.05) is 14.2 Å². The van der Waals surface area contributed by atoms with Crippen molar-refractivity contribution in [2.45, 2.75) is 19.9 Å². The van der Waals surface area contributed by atoms with Crippen LogP contribution in [0.15, 0.2) is 12.4 Å². The molecule has 1 heterocycles. The molecule has 4 heteroatoms. The monoisotopic (exact) mass is 195 g/mol. The standard InChI is InChI=1S/C10H17N3O/c1-7(2)8(11-3)9-10(14-4)13-6-5-12-9/h5-8,11H,1-4H3. The fraction of sp³-hybridized carbons (Fsp3) is 0.600. The molecule has 0 bridgehead atoms. The van der Waals surface area contributed by atoms with Gasteiger partial charge in [0.25, 0.3) is 0 Å². The van der Waals surface area contributed by atoms with Crippen molar-refractivity contribution in [1.82, 2.24) is 15.3 Å². The highest BCUT2D eigenvalue weighted by molar-refractivity contribution is 5.21. The number of rotatable bonds is 4. The first-order chi connectivity index (χ1) is 6.70. The normalized spacial score (nSPS) is 12.9. The highest BCUT2D eigenvalue weighted by Gasteiger charge is 2.19. The van der Waals surface area contributed by atoms with Crippen LogP contribution >= 0.6 is 0 Å². The third-order valence-corrected chi connectivity index (χ3v) is 2.16. The molecule has 0 radical (unpaired) electrons. The zero-order valence-electron chi connectivity index (χ0n) is 9.11. The second-order valence-corrected chi connectivity index (χ2v) is 3.46. The van der Waals surface area contributed by atoms with Crippen LogP contribution < -0.4 is 10.1 Å². The Morgan fingerprint density at radius 1 is 1.29 bits per heavy atom. The molecule has 78 valence electrons. The van der Waals surface area contributed by atoms with E-state index in [9.17, 15) is 0 Å². The maximum Gasteiger partial charge on any atom is 0.237 e. The van der Waals surface area contributed by atoms with Crippen LogP contribution in [0.25, 0.3) is 0 Å². The summed E-state index contributed by atoms with van der Waals surface area (Å²) >= 11 is 0. The van der Waals surface area contributed by atoms with E-state index in [1.54, 1.807) is 19.5 Å². The van der Waals surface area contributed by atoms with E-state index < -0.39 is 0 Å². The minimum atomic E-state index is 0.179. The summed E-state index contributed by atoms with van der Waals surface area (Å²) in [5.74, 6) is 1.05. The Bertz CT molecular complexity index is 288. The summed E-state index contributed by atoms with van der Waals surface area (Å²) < 4.78 is 5.16. The fourth-order valence-electron chi connectivity index (χ4n) is 1.49. The van der Waals surface area contributed by atoms with Gasteiger partial charge >= 0.3 is 0 Å². The van der Waals surface area contributed by atoms with E-state index in [4.69, 9.17) is 4.74 Å². The van der Waals surface area contributed by atoms with Crippen molar-refractivity contribution in [3.8, 4) is 5.88 Å². The molecule has 14 heavy (non-hydrogen) atoms. The van der Waals surface area contributed by atoms with Crippen molar-refractivity contribution in [1.29, 1.82) is 0 Å². The molecule has 4 nitrogen and oxygen atoms in total. The SMILES string of the molecule is CNC(c1nccnc1OC)C(C)C. The molecular weight excluding hydrogens is 178 g/mol. The van der Waals surface area contributed by atoms with E-state index in [1.807, 2.05) is 7.05 Å². The van der Waals surface area contributed by atoms with Crippen LogP contribution in [0.3, 0.4) is 0 Å². The summed E-state index contributed by atoms with van der Waals surface area (Å²) in [5, 5.41) is 3.21. The minimum Gasteiger partial charge on any atom is -0.480 e. The summed E-state index contributed by atoms with van der Waals surface area (Å²) in [4.78, 5) is 8.42. The number of nitrogens with zero attached hydrogens (tertiary/aromatic N) is 2. The first-order valence-corrected chi connectivity index (χ1v) is 4.72. The van der Waals surface area contributed by atoms with Crippen molar-refractivity contribution in [3.63, 3.8) is 0 Å². The Morgan fingerprint density at radius 3 is 2.43 bits per heavy atom. The Labute approximate surface area is 84.7 Å². The maximum absolute atomic E-state index is 5.16. The fourth-order valence-corrected chi connectivity index (χ4v) is 1.49. The molecule has 0 amide bonds. The summed E-state index contributed by atoms with van der Waals surface area (Å²) in [7, 11) is 3.53. The molecule has 0 aliphatic rings. The van der Waals surface area contributed by atoms with Gasteiger partial charge in [0.2, 0.25) is 5.88 Å². The zero-order chi connectivity index (χ0) is 10.6. The van der Waals surface area contributed by atoms with E-state index in [0.717, 1.165) is 5.69 Å². The first kappa shape index (κ1) is 10.9. The predicted octanol–water partition coefficient (Wildman–Crippen LogP) is 1.40. The quantitative estimate of drug-likeness (QED) is 0.789. The van der Waals surface area contributed by atoms with Crippen molar-refractivity contribution in [3.05, 3.63) is 18.1 Å². The summed E-state index contributed by atoms with van der Waals surface area (Å²) in [5.41, 5.74) is 0.868. The van der Waals surface area contributed by atoms with Gasteiger partial charge in [-0.1, -0.05) is 13.8 Å². The predicted molar refractivity (Wildman–Crippen MR) is 55.2 cm³/mol. The van der Waals surface area contributed by atoms with Gasteiger partial charge in [-0.05, 0) is 13.0 Å². The number of methoxy groups -OCH3 is 1. The lowest BCUT2D eigenvalue weighted by Crippen LogP contribution is -2.23. The highest BCUT2D eigenvalue weighted by Crippen LogP contribution is 2.25. The van der Waals surface area contributed by atoms with Crippen LogP contribution in [0.5, 0.6) is 5.88 Å². The summed E-state index contributed by atoms with van der Waals surface area (Å²) in [6.45, 7) is 4.27. The second kappa shape index (κ2) is 4.91. The van der Waals surface area contributed by atoms with Crippen LogP contribution in [-0.2, 0) is 0 Å². The zero-order valence-corrected chi connectivity index (χ0v) is 9.11. The van der Waals surface area contributed by atoms with Crippen LogP contribution in [0.2, 0.25) is 0 Å². The van der Waals surface area contributed by atoms with Crippen molar-refractivity contribution >= 4 is 0 Å². The maximum atomic E-state index is 5.16. The topological polar surface area (TPSA) is 47.0 Å². The van der Waals surface area contributed by atoms with Gasteiger partial charge in [0.1, 0.15) is 5.69 Å². The van der Waals surface area contributed by atoms with Gasteiger partial charge in [-0.2, -0.15) is 0 Å². The molecule has 1 unspecified atom stereocenters. The second-order valence-electron chi connectivity index (χ2n) is 3.46. The molecule has 1 N–H and O–H groups in total. The van der Waals surface area contributed by atoms with Gasteiger partial charge < -0.3 is 10.1 Å². The molecule has 0 saturated heterocycles. The van der Waals surface area contributed by atoms with Gasteiger partial charge in [0.15, 0.2) is 0 Å². The summed E-state index contributed by atoms with van der Waals surface area (Å²) in [6.07, 6.45) is 3.32. The van der Waals surface area contributed by atoms with E-state index in [2.05, 4.69) is 29.1 Å². The van der Waals surface area contributed by atoms with E-state index in [-0.39, 0.29) is 6.04 Å². The molecule has 1 aromatic heterocycles. The number of ether oxygens (including phenoxy) is 1. The third kappa shape index (κ3) is 2.20. The number of hydrogen-bond acceptors (Lipinski definition) is 4. The van der Waals surface area contributed by atoms with Gasteiger partial charge in [-0.25, -0.2) is 4.98 Å². The van der Waals surface area contributed by atoms with E-state index in [0.29, 0.717) is 11.8 Å². The molecule has 0 fully saturated rings.